The molecule has 1 aromatic carbocycles. The lowest BCUT2D eigenvalue weighted by atomic mass is 9.86. The third-order valence-corrected chi connectivity index (χ3v) is 7.37. The second kappa shape index (κ2) is 14.1. The highest BCUT2D eigenvalue weighted by Gasteiger charge is 2.52. The Labute approximate surface area is 265 Å². The lowest BCUT2D eigenvalue weighted by molar-refractivity contribution is -0.166. The van der Waals surface area contributed by atoms with Crippen molar-refractivity contribution in [3.05, 3.63) is 95.2 Å². The number of esters is 6. The SMILES string of the molecule is C=C(C)C1=CC(C(=O)OC)(C(=O)OC)C/C1=C\C(=O)Oc1ccc(OC(=O)/C=C2\CC(C(=O)OC)(C(=O)OC)C=C2C(=C)C)cc1. The minimum absolute atomic E-state index is 0.107. The molecule has 0 N–H and O–H groups in total. The molecule has 0 amide bonds. The molecule has 3 rings (SSSR count). The van der Waals surface area contributed by atoms with E-state index in [0.29, 0.717) is 33.4 Å². The molecule has 0 aliphatic heterocycles. The first kappa shape index (κ1) is 35.0. The van der Waals surface area contributed by atoms with Crippen LogP contribution in [0.5, 0.6) is 11.5 Å². The molecule has 46 heavy (non-hydrogen) atoms. The summed E-state index contributed by atoms with van der Waals surface area (Å²) in [6, 6.07) is 5.55. The Hall–Kier alpha value is -5.52. The minimum atomic E-state index is -1.77. The Balaban J connectivity index is 1.76. The Morgan fingerprint density at radius 3 is 1.11 bits per heavy atom. The average molecular weight is 635 g/mol. The summed E-state index contributed by atoms with van der Waals surface area (Å²) in [7, 11) is 4.56. The molecule has 2 aliphatic carbocycles. The van der Waals surface area contributed by atoms with Gasteiger partial charge in [-0.3, -0.25) is 19.2 Å². The first-order valence-electron chi connectivity index (χ1n) is 13.7. The predicted molar refractivity (Wildman–Crippen MR) is 162 cm³/mol. The third kappa shape index (κ3) is 6.90. The predicted octanol–water partition coefficient (Wildman–Crippen LogP) is 3.83. The van der Waals surface area contributed by atoms with E-state index < -0.39 is 46.6 Å². The van der Waals surface area contributed by atoms with Crippen molar-refractivity contribution in [3.8, 4) is 11.5 Å². The summed E-state index contributed by atoms with van der Waals surface area (Å²) in [5.74, 6) is -4.78. The van der Waals surface area contributed by atoms with Crippen LogP contribution in [0.15, 0.2) is 95.2 Å². The molecule has 0 heterocycles. The molecule has 0 bridgehead atoms. The van der Waals surface area contributed by atoms with E-state index in [1.807, 2.05) is 0 Å². The van der Waals surface area contributed by atoms with Crippen molar-refractivity contribution in [1.29, 1.82) is 0 Å². The molecule has 2 aliphatic rings. The fraction of sp³-hybridized carbons (Fsp3) is 0.294. The van der Waals surface area contributed by atoms with E-state index in [0.717, 1.165) is 40.6 Å². The largest absolute Gasteiger partial charge is 0.468 e. The number of rotatable bonds is 10. The number of allylic oxidation sites excluding steroid dienone is 6. The van der Waals surface area contributed by atoms with Crippen LogP contribution < -0.4 is 9.47 Å². The highest BCUT2D eigenvalue weighted by Crippen LogP contribution is 2.45. The maximum atomic E-state index is 12.8. The van der Waals surface area contributed by atoms with Gasteiger partial charge < -0.3 is 28.4 Å². The van der Waals surface area contributed by atoms with E-state index in [1.54, 1.807) is 13.8 Å². The van der Waals surface area contributed by atoms with E-state index in [-0.39, 0.29) is 24.3 Å². The fourth-order valence-corrected chi connectivity index (χ4v) is 5.19. The molecule has 0 saturated heterocycles. The number of ether oxygens (including phenoxy) is 6. The van der Waals surface area contributed by atoms with Gasteiger partial charge in [-0.25, -0.2) is 9.59 Å². The van der Waals surface area contributed by atoms with Crippen molar-refractivity contribution in [2.45, 2.75) is 26.7 Å². The highest BCUT2D eigenvalue weighted by molar-refractivity contribution is 6.05. The van der Waals surface area contributed by atoms with Gasteiger partial charge in [0.05, 0.1) is 28.4 Å². The first-order valence-corrected chi connectivity index (χ1v) is 13.7. The molecule has 0 unspecified atom stereocenters. The van der Waals surface area contributed by atoms with Crippen LogP contribution in [0.3, 0.4) is 0 Å². The zero-order valence-electron chi connectivity index (χ0n) is 26.3. The van der Waals surface area contributed by atoms with Gasteiger partial charge >= 0.3 is 35.8 Å². The summed E-state index contributed by atoms with van der Waals surface area (Å²) in [6.07, 6.45) is 4.64. The minimum Gasteiger partial charge on any atom is -0.468 e. The van der Waals surface area contributed by atoms with Crippen molar-refractivity contribution in [2.24, 2.45) is 10.8 Å². The summed E-state index contributed by atoms with van der Waals surface area (Å²) in [4.78, 5) is 75.8. The van der Waals surface area contributed by atoms with Gasteiger partial charge in [0, 0.05) is 25.0 Å². The molecular formula is C34H34O12. The van der Waals surface area contributed by atoms with Gasteiger partial charge in [0.2, 0.25) is 0 Å². The maximum absolute atomic E-state index is 12.8. The van der Waals surface area contributed by atoms with Gasteiger partial charge in [-0.2, -0.15) is 0 Å². The lowest BCUT2D eigenvalue weighted by Crippen LogP contribution is -2.38. The van der Waals surface area contributed by atoms with Gasteiger partial charge in [0.15, 0.2) is 10.8 Å². The molecule has 12 heteroatoms. The van der Waals surface area contributed by atoms with Gasteiger partial charge in [0.25, 0.3) is 0 Å². The number of carbonyl (C=O) groups is 6. The lowest BCUT2D eigenvalue weighted by Gasteiger charge is -2.20. The molecule has 0 spiro atoms. The Bertz CT molecular complexity index is 1480. The van der Waals surface area contributed by atoms with E-state index >= 15 is 0 Å². The van der Waals surface area contributed by atoms with Crippen LogP contribution in [0.25, 0.3) is 0 Å². The van der Waals surface area contributed by atoms with Crippen molar-refractivity contribution in [2.75, 3.05) is 28.4 Å². The summed E-state index contributed by atoms with van der Waals surface area (Å²) in [5.41, 5.74) is -1.08. The third-order valence-electron chi connectivity index (χ3n) is 7.37. The van der Waals surface area contributed by atoms with Crippen LogP contribution in [-0.2, 0) is 47.7 Å². The quantitative estimate of drug-likeness (QED) is 0.121. The van der Waals surface area contributed by atoms with Crippen LogP contribution >= 0.6 is 0 Å². The van der Waals surface area contributed by atoms with Crippen LogP contribution in [0.1, 0.15) is 26.7 Å². The Morgan fingerprint density at radius 1 is 0.587 bits per heavy atom. The zero-order chi connectivity index (χ0) is 34.4. The van der Waals surface area contributed by atoms with Gasteiger partial charge in [-0.05, 0) is 72.6 Å². The topological polar surface area (TPSA) is 158 Å². The molecule has 0 saturated carbocycles. The van der Waals surface area contributed by atoms with Gasteiger partial charge in [-0.1, -0.05) is 24.3 Å². The first-order chi connectivity index (χ1) is 21.7. The van der Waals surface area contributed by atoms with Crippen LogP contribution in [0.2, 0.25) is 0 Å². The second-order valence-electron chi connectivity index (χ2n) is 10.6. The standard InChI is InChI=1S/C34H34O12/c1-19(2)25-17-33(29(37)41-5,30(38)42-6)15-21(25)13-27(35)45-23-9-11-24(12-10-23)46-28(36)14-22-16-34(31(39)43-7,32(40)44-8)18-26(22)20(3)4/h9-14,17-18H,1,3,15-16H2,2,4-8H3/b21-13+,22-14+. The van der Waals surface area contributed by atoms with Crippen LogP contribution in [-0.4, -0.2) is 64.3 Å². The smallest absolute Gasteiger partial charge is 0.336 e. The molecule has 1 aromatic rings. The molecule has 0 radical (unpaired) electrons. The molecule has 0 aromatic heterocycles. The maximum Gasteiger partial charge on any atom is 0.336 e. The fourth-order valence-electron chi connectivity index (χ4n) is 5.19. The average Bonchev–Trinajstić information content (AvgIpc) is 3.61. The molecular weight excluding hydrogens is 600 g/mol. The summed E-state index contributed by atoms with van der Waals surface area (Å²) < 4.78 is 30.1. The number of benzene rings is 1. The van der Waals surface area contributed by atoms with E-state index in [4.69, 9.17) is 28.4 Å². The summed E-state index contributed by atoms with van der Waals surface area (Å²) in [5, 5.41) is 0. The zero-order valence-corrected chi connectivity index (χ0v) is 26.3. The van der Waals surface area contributed by atoms with Crippen molar-refractivity contribution < 1.29 is 57.2 Å². The number of methoxy groups -OCH3 is 4. The molecule has 242 valence electrons. The van der Waals surface area contributed by atoms with Gasteiger partial charge in [-0.15, -0.1) is 0 Å². The normalized spacial score (nSPS) is 17.7. The molecule has 0 atom stereocenters. The number of hydrogen-bond donors (Lipinski definition) is 0. The Morgan fingerprint density at radius 2 is 0.870 bits per heavy atom. The number of carbonyl (C=O) groups excluding carboxylic acids is 6. The van der Waals surface area contributed by atoms with E-state index in [9.17, 15) is 28.8 Å². The van der Waals surface area contributed by atoms with Crippen molar-refractivity contribution in [1.82, 2.24) is 0 Å². The highest BCUT2D eigenvalue weighted by atomic mass is 16.6. The number of hydrogen-bond acceptors (Lipinski definition) is 12. The summed E-state index contributed by atoms with van der Waals surface area (Å²) in [6.45, 7) is 11.0. The summed E-state index contributed by atoms with van der Waals surface area (Å²) >= 11 is 0. The van der Waals surface area contributed by atoms with E-state index in [2.05, 4.69) is 13.2 Å². The Kier molecular flexibility index (Phi) is 10.7. The van der Waals surface area contributed by atoms with Crippen LogP contribution in [0.4, 0.5) is 0 Å². The van der Waals surface area contributed by atoms with Crippen molar-refractivity contribution >= 4 is 35.8 Å². The molecule has 12 nitrogen and oxygen atoms in total. The second-order valence-corrected chi connectivity index (χ2v) is 10.6. The van der Waals surface area contributed by atoms with E-state index in [1.165, 1.54) is 36.4 Å². The van der Waals surface area contributed by atoms with Gasteiger partial charge in [0.1, 0.15) is 11.5 Å². The van der Waals surface area contributed by atoms with Crippen LogP contribution in [0, 0.1) is 10.8 Å². The van der Waals surface area contributed by atoms with Crippen molar-refractivity contribution in [3.63, 3.8) is 0 Å². The monoisotopic (exact) mass is 634 g/mol. The molecule has 0 fully saturated rings.